The number of halogens is 3. The fourth-order valence-corrected chi connectivity index (χ4v) is 3.25. The fourth-order valence-electron chi connectivity index (χ4n) is 2.33. The number of alkyl halides is 3. The van der Waals surface area contributed by atoms with Crippen LogP contribution in [0.15, 0.2) is 70.7 Å². The predicted octanol–water partition coefficient (Wildman–Crippen LogP) is 5.42. The maximum atomic E-state index is 13.4. The molecule has 1 aromatic heterocycles. The summed E-state index contributed by atoms with van der Waals surface area (Å²) in [6.45, 7) is 0. The predicted molar refractivity (Wildman–Crippen MR) is 98.7 cm³/mol. The number of ether oxygens (including phenoxy) is 1. The van der Waals surface area contributed by atoms with E-state index in [1.54, 1.807) is 73.7 Å². The van der Waals surface area contributed by atoms with Crippen molar-refractivity contribution in [2.45, 2.75) is 16.1 Å². The van der Waals surface area contributed by atoms with Crippen molar-refractivity contribution in [1.29, 1.82) is 0 Å². The molecule has 0 N–H and O–H groups in total. The maximum Gasteiger partial charge on any atom is 0.420 e. The molecule has 0 fully saturated rings. The zero-order valence-corrected chi connectivity index (χ0v) is 15.4. The molecule has 3 aromatic rings. The Morgan fingerprint density at radius 1 is 1.04 bits per heavy atom. The van der Waals surface area contributed by atoms with Crippen molar-refractivity contribution in [3.63, 3.8) is 0 Å². The Morgan fingerprint density at radius 3 is 2.44 bits per heavy atom. The van der Waals surface area contributed by atoms with Crippen LogP contribution in [-0.4, -0.2) is 24.1 Å². The average Bonchev–Trinajstić information content (AvgIpc) is 2.67. The van der Waals surface area contributed by atoms with E-state index in [0.717, 1.165) is 18.0 Å². The fraction of sp³-hybridized carbons (Fsp3) is 0.158. The summed E-state index contributed by atoms with van der Waals surface area (Å²) in [4.78, 5) is 10.4. The van der Waals surface area contributed by atoms with Crippen LogP contribution in [0.1, 0.15) is 5.56 Å². The molecule has 2 aromatic carbocycles. The summed E-state index contributed by atoms with van der Waals surface area (Å²) in [6.07, 6.45) is -3.71. The Balaban J connectivity index is 2.00. The molecule has 0 spiro atoms. The quantitative estimate of drug-likeness (QED) is 0.543. The van der Waals surface area contributed by atoms with Crippen molar-refractivity contribution in [2.75, 3.05) is 19.1 Å². The first-order valence-corrected chi connectivity index (χ1v) is 8.75. The van der Waals surface area contributed by atoms with E-state index < -0.39 is 11.7 Å². The van der Waals surface area contributed by atoms with E-state index in [0.29, 0.717) is 16.3 Å². The van der Waals surface area contributed by atoms with Crippen LogP contribution >= 0.6 is 11.8 Å². The first-order chi connectivity index (χ1) is 12.9. The summed E-state index contributed by atoms with van der Waals surface area (Å²) in [5, 5.41) is -0.145. The zero-order chi connectivity index (χ0) is 19.4. The van der Waals surface area contributed by atoms with Gasteiger partial charge in [-0.05, 0) is 24.3 Å². The second-order valence-corrected chi connectivity index (χ2v) is 6.62. The molecule has 4 nitrogen and oxygen atoms in total. The molecule has 0 amide bonds. The van der Waals surface area contributed by atoms with Gasteiger partial charge in [-0.3, -0.25) is 0 Å². The lowest BCUT2D eigenvalue weighted by molar-refractivity contribution is -0.140. The molecule has 140 valence electrons. The highest BCUT2D eigenvalue weighted by Crippen LogP contribution is 2.39. The smallest absolute Gasteiger partial charge is 0.420 e. The number of methoxy groups -OCH3 is 1. The number of hydrogen-bond donors (Lipinski definition) is 0. The molecule has 0 aliphatic heterocycles. The zero-order valence-electron chi connectivity index (χ0n) is 14.6. The Bertz CT molecular complexity index is 920. The van der Waals surface area contributed by atoms with Gasteiger partial charge in [0, 0.05) is 29.9 Å². The van der Waals surface area contributed by atoms with Crippen LogP contribution in [0.5, 0.6) is 5.75 Å². The Labute approximate surface area is 159 Å². The summed E-state index contributed by atoms with van der Waals surface area (Å²) in [6, 6.07) is 15.9. The number of hydrogen-bond acceptors (Lipinski definition) is 5. The first kappa shape index (κ1) is 19.0. The van der Waals surface area contributed by atoms with Gasteiger partial charge in [-0.15, -0.1) is 0 Å². The topological polar surface area (TPSA) is 38.2 Å². The van der Waals surface area contributed by atoms with Gasteiger partial charge >= 0.3 is 6.18 Å². The van der Waals surface area contributed by atoms with E-state index in [-0.39, 0.29) is 11.0 Å². The van der Waals surface area contributed by atoms with Crippen LogP contribution in [0.3, 0.4) is 0 Å². The number of benzene rings is 2. The van der Waals surface area contributed by atoms with Crippen molar-refractivity contribution in [2.24, 2.45) is 0 Å². The van der Waals surface area contributed by atoms with E-state index in [1.807, 2.05) is 0 Å². The largest absolute Gasteiger partial charge is 0.497 e. The SMILES string of the molecule is COc1cccc(N(C)c2ncc(C(F)(F)F)c(Sc3ccccc3)n2)c1. The number of aromatic nitrogens is 2. The molecule has 0 unspecified atom stereocenters. The van der Waals surface area contributed by atoms with Gasteiger partial charge in [0.15, 0.2) is 0 Å². The minimum Gasteiger partial charge on any atom is -0.497 e. The summed E-state index contributed by atoms with van der Waals surface area (Å²) in [7, 11) is 3.23. The van der Waals surface area contributed by atoms with Crippen LogP contribution in [0, 0.1) is 0 Å². The summed E-state index contributed by atoms with van der Waals surface area (Å²) in [5.74, 6) is 0.792. The van der Waals surface area contributed by atoms with Crippen LogP contribution < -0.4 is 9.64 Å². The molecule has 3 rings (SSSR count). The molecule has 0 aliphatic carbocycles. The second-order valence-electron chi connectivity index (χ2n) is 5.56. The molecule has 0 saturated heterocycles. The highest BCUT2D eigenvalue weighted by molar-refractivity contribution is 7.99. The van der Waals surface area contributed by atoms with Crippen molar-refractivity contribution in [1.82, 2.24) is 9.97 Å². The minimum absolute atomic E-state index is 0.145. The standard InChI is InChI=1S/C19H16F3N3OS/c1-25(13-7-6-8-14(11-13)26-2)18-23-12-16(19(20,21)22)17(24-18)27-15-9-4-3-5-10-15/h3-12H,1-2H3. The Hall–Kier alpha value is -2.74. The molecule has 0 bridgehead atoms. The minimum atomic E-state index is -4.54. The third-order valence-electron chi connectivity index (χ3n) is 3.74. The first-order valence-electron chi connectivity index (χ1n) is 7.93. The summed E-state index contributed by atoms with van der Waals surface area (Å²) >= 11 is 0.953. The van der Waals surface area contributed by atoms with Crippen molar-refractivity contribution >= 4 is 23.4 Å². The number of rotatable bonds is 5. The van der Waals surface area contributed by atoms with Gasteiger partial charge in [0.25, 0.3) is 0 Å². The molecule has 0 aliphatic rings. The van der Waals surface area contributed by atoms with Crippen molar-refractivity contribution in [3.05, 3.63) is 66.4 Å². The lowest BCUT2D eigenvalue weighted by atomic mass is 10.3. The highest BCUT2D eigenvalue weighted by atomic mass is 32.2. The second kappa shape index (κ2) is 7.87. The van der Waals surface area contributed by atoms with Crippen LogP contribution in [0.4, 0.5) is 24.8 Å². The van der Waals surface area contributed by atoms with Gasteiger partial charge in [-0.1, -0.05) is 36.0 Å². The summed E-state index contributed by atoms with van der Waals surface area (Å²) in [5.41, 5.74) is -0.163. The van der Waals surface area contributed by atoms with Gasteiger partial charge in [0.05, 0.1) is 7.11 Å². The maximum absolute atomic E-state index is 13.4. The van der Waals surface area contributed by atoms with Crippen LogP contribution in [0.25, 0.3) is 0 Å². The normalized spacial score (nSPS) is 11.3. The Morgan fingerprint density at radius 2 is 1.78 bits per heavy atom. The monoisotopic (exact) mass is 391 g/mol. The molecule has 8 heteroatoms. The lowest BCUT2D eigenvalue weighted by Crippen LogP contribution is -2.16. The third-order valence-corrected chi connectivity index (χ3v) is 4.76. The van der Waals surface area contributed by atoms with E-state index in [2.05, 4.69) is 9.97 Å². The summed E-state index contributed by atoms with van der Waals surface area (Å²) < 4.78 is 45.3. The third kappa shape index (κ3) is 4.51. The average molecular weight is 391 g/mol. The van der Waals surface area contributed by atoms with E-state index >= 15 is 0 Å². The van der Waals surface area contributed by atoms with E-state index in [4.69, 9.17) is 4.74 Å². The highest BCUT2D eigenvalue weighted by Gasteiger charge is 2.35. The molecule has 0 saturated carbocycles. The van der Waals surface area contributed by atoms with Crippen molar-refractivity contribution < 1.29 is 17.9 Å². The molecule has 0 radical (unpaired) electrons. The lowest BCUT2D eigenvalue weighted by Gasteiger charge is -2.20. The molecular weight excluding hydrogens is 375 g/mol. The van der Waals surface area contributed by atoms with Gasteiger partial charge in [0.1, 0.15) is 16.3 Å². The van der Waals surface area contributed by atoms with Gasteiger partial charge in [0.2, 0.25) is 5.95 Å². The van der Waals surface area contributed by atoms with Crippen LogP contribution in [0.2, 0.25) is 0 Å². The van der Waals surface area contributed by atoms with Gasteiger partial charge < -0.3 is 9.64 Å². The van der Waals surface area contributed by atoms with Crippen molar-refractivity contribution in [3.8, 4) is 5.75 Å². The molecule has 27 heavy (non-hydrogen) atoms. The van der Waals surface area contributed by atoms with Gasteiger partial charge in [-0.25, -0.2) is 9.97 Å². The van der Waals surface area contributed by atoms with Crippen LogP contribution in [-0.2, 0) is 6.18 Å². The molecule has 1 heterocycles. The molecule has 0 atom stereocenters. The molecular formula is C19H16F3N3OS. The van der Waals surface area contributed by atoms with E-state index in [1.165, 1.54) is 0 Å². The number of nitrogens with zero attached hydrogens (tertiary/aromatic N) is 3. The van der Waals surface area contributed by atoms with Gasteiger partial charge in [-0.2, -0.15) is 13.2 Å². The van der Waals surface area contributed by atoms with E-state index in [9.17, 15) is 13.2 Å². The Kier molecular flexibility index (Phi) is 5.55. The number of anilines is 2.